The second-order valence-corrected chi connectivity index (χ2v) is 4.97. The number of hydrogen-bond donors (Lipinski definition) is 1. The van der Waals surface area contributed by atoms with Crippen molar-refractivity contribution in [1.82, 2.24) is 4.57 Å². The molecule has 1 aromatic heterocycles. The van der Waals surface area contributed by atoms with Crippen LogP contribution in [0.3, 0.4) is 0 Å². The maximum absolute atomic E-state index is 10.1. The Kier molecular flexibility index (Phi) is 2.72. The molecule has 2 aromatic rings. The molecule has 2 nitrogen and oxygen atoms in total. The van der Waals surface area contributed by atoms with Gasteiger partial charge in [-0.1, -0.05) is 11.6 Å². The smallest absolute Gasteiger partial charge is 0.0989 e. The predicted molar refractivity (Wildman–Crippen MR) is 67.9 cm³/mol. The lowest BCUT2D eigenvalue weighted by atomic mass is 10.1. The minimum atomic E-state index is -0.832. The van der Waals surface area contributed by atoms with E-state index in [0.717, 1.165) is 28.2 Å². The third-order valence-electron chi connectivity index (χ3n) is 2.81. The van der Waals surface area contributed by atoms with Gasteiger partial charge in [-0.25, -0.2) is 0 Å². The van der Waals surface area contributed by atoms with Crippen LogP contribution in [0, 0.1) is 0 Å². The molecule has 0 radical (unpaired) electrons. The summed E-state index contributed by atoms with van der Waals surface area (Å²) in [5.74, 6) is 0. The quantitative estimate of drug-likeness (QED) is 0.849. The number of nitrogens with zero attached hydrogens (tertiary/aromatic N) is 1. The van der Waals surface area contributed by atoms with Crippen LogP contribution in [0.1, 0.15) is 26.5 Å². The van der Waals surface area contributed by atoms with Gasteiger partial charge in [0.15, 0.2) is 0 Å². The molecule has 16 heavy (non-hydrogen) atoms. The summed E-state index contributed by atoms with van der Waals surface area (Å²) in [6, 6.07) is 7.81. The number of halogens is 1. The zero-order chi connectivity index (χ0) is 11.9. The summed E-state index contributed by atoms with van der Waals surface area (Å²) in [4.78, 5) is 0. The molecule has 1 heterocycles. The average molecular weight is 238 g/mol. The van der Waals surface area contributed by atoms with Crippen LogP contribution in [0.5, 0.6) is 0 Å². The van der Waals surface area contributed by atoms with Gasteiger partial charge < -0.3 is 9.67 Å². The molecular formula is C13H16ClNO. The first-order valence-corrected chi connectivity index (χ1v) is 5.83. The molecule has 86 valence electrons. The van der Waals surface area contributed by atoms with Gasteiger partial charge in [-0.05, 0) is 45.0 Å². The summed E-state index contributed by atoms with van der Waals surface area (Å²) >= 11 is 5.97. The van der Waals surface area contributed by atoms with Crippen LogP contribution in [-0.4, -0.2) is 9.67 Å². The normalized spacial score (nSPS) is 12.3. The van der Waals surface area contributed by atoms with Crippen molar-refractivity contribution in [2.75, 3.05) is 0 Å². The van der Waals surface area contributed by atoms with Gasteiger partial charge in [0, 0.05) is 22.5 Å². The van der Waals surface area contributed by atoms with Crippen molar-refractivity contribution in [2.24, 2.45) is 0 Å². The Morgan fingerprint density at radius 1 is 1.31 bits per heavy atom. The van der Waals surface area contributed by atoms with Crippen molar-refractivity contribution in [2.45, 2.75) is 32.9 Å². The summed E-state index contributed by atoms with van der Waals surface area (Å²) in [7, 11) is 0. The SMILES string of the molecule is CCn1c(C(C)(C)O)cc2cc(Cl)ccc21. The highest BCUT2D eigenvalue weighted by atomic mass is 35.5. The highest BCUT2D eigenvalue weighted by molar-refractivity contribution is 6.31. The lowest BCUT2D eigenvalue weighted by Crippen LogP contribution is -2.20. The summed E-state index contributed by atoms with van der Waals surface area (Å²) in [5, 5.41) is 11.9. The molecule has 0 saturated carbocycles. The molecule has 0 fully saturated rings. The Morgan fingerprint density at radius 3 is 2.56 bits per heavy atom. The topological polar surface area (TPSA) is 25.2 Å². The van der Waals surface area contributed by atoms with E-state index in [1.807, 2.05) is 24.3 Å². The van der Waals surface area contributed by atoms with E-state index in [1.165, 1.54) is 0 Å². The van der Waals surface area contributed by atoms with Crippen molar-refractivity contribution >= 4 is 22.5 Å². The Balaban J connectivity index is 2.76. The van der Waals surface area contributed by atoms with E-state index in [4.69, 9.17) is 11.6 Å². The van der Waals surface area contributed by atoms with Crippen molar-refractivity contribution in [3.05, 3.63) is 35.0 Å². The van der Waals surface area contributed by atoms with E-state index < -0.39 is 5.60 Å². The largest absolute Gasteiger partial charge is 0.384 e. The van der Waals surface area contributed by atoms with Crippen LogP contribution in [0.2, 0.25) is 5.02 Å². The molecule has 0 atom stereocenters. The average Bonchev–Trinajstić information content (AvgIpc) is 2.54. The Labute approximate surface area is 100 Å². The zero-order valence-electron chi connectivity index (χ0n) is 9.79. The van der Waals surface area contributed by atoms with Gasteiger partial charge in [-0.2, -0.15) is 0 Å². The third kappa shape index (κ3) is 1.83. The Hall–Kier alpha value is -0.990. The second-order valence-electron chi connectivity index (χ2n) is 4.54. The van der Waals surface area contributed by atoms with Gasteiger partial charge in [0.25, 0.3) is 0 Å². The third-order valence-corrected chi connectivity index (χ3v) is 3.04. The number of fused-ring (bicyclic) bond motifs is 1. The van der Waals surface area contributed by atoms with Crippen LogP contribution >= 0.6 is 11.6 Å². The molecule has 1 N–H and O–H groups in total. The molecule has 0 amide bonds. The fourth-order valence-corrected chi connectivity index (χ4v) is 2.27. The molecule has 0 bridgehead atoms. The maximum Gasteiger partial charge on any atom is 0.0989 e. The van der Waals surface area contributed by atoms with Crippen LogP contribution in [0.25, 0.3) is 10.9 Å². The second kappa shape index (κ2) is 3.79. The molecule has 0 spiro atoms. The Morgan fingerprint density at radius 2 is 2.00 bits per heavy atom. The van der Waals surface area contributed by atoms with Crippen molar-refractivity contribution in [3.63, 3.8) is 0 Å². The van der Waals surface area contributed by atoms with Gasteiger partial charge in [0.2, 0.25) is 0 Å². The minimum absolute atomic E-state index is 0.725. The standard InChI is InChI=1S/C13H16ClNO/c1-4-15-11-6-5-10(14)7-9(11)8-12(15)13(2,3)16/h5-8,16H,4H2,1-3H3. The zero-order valence-corrected chi connectivity index (χ0v) is 10.5. The van der Waals surface area contributed by atoms with E-state index >= 15 is 0 Å². The summed E-state index contributed by atoms with van der Waals surface area (Å²) in [6.45, 7) is 6.51. The molecule has 2 rings (SSSR count). The fourth-order valence-electron chi connectivity index (χ4n) is 2.09. The number of benzene rings is 1. The summed E-state index contributed by atoms with van der Waals surface area (Å²) in [5.41, 5.74) is 1.21. The first kappa shape index (κ1) is 11.5. The van der Waals surface area contributed by atoms with E-state index in [9.17, 15) is 5.11 Å². The minimum Gasteiger partial charge on any atom is -0.384 e. The first-order chi connectivity index (χ1) is 7.43. The van der Waals surface area contributed by atoms with Gasteiger partial charge in [0.05, 0.1) is 11.3 Å². The van der Waals surface area contributed by atoms with Crippen molar-refractivity contribution in [1.29, 1.82) is 0 Å². The number of hydrogen-bond acceptors (Lipinski definition) is 1. The van der Waals surface area contributed by atoms with E-state index in [0.29, 0.717) is 0 Å². The number of aliphatic hydroxyl groups is 1. The van der Waals surface area contributed by atoms with Gasteiger partial charge in [-0.15, -0.1) is 0 Å². The van der Waals surface area contributed by atoms with E-state index in [1.54, 1.807) is 13.8 Å². The maximum atomic E-state index is 10.1. The van der Waals surface area contributed by atoms with Crippen molar-refractivity contribution in [3.8, 4) is 0 Å². The first-order valence-electron chi connectivity index (χ1n) is 5.45. The molecule has 0 saturated heterocycles. The lowest BCUT2D eigenvalue weighted by Gasteiger charge is -2.20. The molecule has 1 aromatic carbocycles. The van der Waals surface area contributed by atoms with E-state index in [2.05, 4.69) is 11.5 Å². The summed E-state index contributed by atoms with van der Waals surface area (Å²) < 4.78 is 2.12. The highest BCUT2D eigenvalue weighted by Gasteiger charge is 2.21. The Bertz CT molecular complexity index is 522. The molecule has 0 aliphatic carbocycles. The molecule has 0 aliphatic rings. The molecule has 3 heteroatoms. The van der Waals surface area contributed by atoms with E-state index in [-0.39, 0.29) is 0 Å². The lowest BCUT2D eigenvalue weighted by molar-refractivity contribution is 0.0704. The van der Waals surface area contributed by atoms with Crippen molar-refractivity contribution < 1.29 is 5.11 Å². The van der Waals surface area contributed by atoms with Crippen LogP contribution in [0.15, 0.2) is 24.3 Å². The number of rotatable bonds is 2. The molecular weight excluding hydrogens is 222 g/mol. The monoisotopic (exact) mass is 237 g/mol. The fraction of sp³-hybridized carbons (Fsp3) is 0.385. The van der Waals surface area contributed by atoms with Crippen LogP contribution < -0.4 is 0 Å². The molecule has 0 unspecified atom stereocenters. The van der Waals surface area contributed by atoms with Gasteiger partial charge >= 0.3 is 0 Å². The number of aryl methyl sites for hydroxylation is 1. The number of aromatic nitrogens is 1. The van der Waals surface area contributed by atoms with Crippen LogP contribution in [-0.2, 0) is 12.1 Å². The molecule has 0 aliphatic heterocycles. The van der Waals surface area contributed by atoms with Gasteiger partial charge in [0.1, 0.15) is 0 Å². The summed E-state index contributed by atoms with van der Waals surface area (Å²) in [6.07, 6.45) is 0. The highest BCUT2D eigenvalue weighted by Crippen LogP contribution is 2.29. The predicted octanol–water partition coefficient (Wildman–Crippen LogP) is 3.54. The van der Waals surface area contributed by atoms with Crippen LogP contribution in [0.4, 0.5) is 0 Å². The van der Waals surface area contributed by atoms with Gasteiger partial charge in [-0.3, -0.25) is 0 Å².